The molecule has 0 saturated heterocycles. The van der Waals surface area contributed by atoms with E-state index in [1.165, 1.54) is 10.7 Å². The van der Waals surface area contributed by atoms with Crippen molar-refractivity contribution in [2.24, 2.45) is 0 Å². The summed E-state index contributed by atoms with van der Waals surface area (Å²) in [5.74, 6) is 6.60. The maximum atomic E-state index is 11.1. The van der Waals surface area contributed by atoms with Crippen molar-refractivity contribution in [3.05, 3.63) is 38.6 Å². The fourth-order valence-electron chi connectivity index (χ4n) is 1.68. The molecular weight excluding hydrogens is 358 g/mol. The molecule has 0 saturated carbocycles. The zero-order chi connectivity index (χ0) is 15.8. The third kappa shape index (κ3) is 3.35. The standard InChI is InChI=1S/C12H14BrN5O2S/c1-12(2,3)10-15-16-11(17(10)14)21-9-5-4-7(13)6-8(9)18(19)20/h4-6H,14H2,1-3H3. The van der Waals surface area contributed by atoms with Crippen LogP contribution in [-0.2, 0) is 5.41 Å². The van der Waals surface area contributed by atoms with Crippen molar-refractivity contribution < 1.29 is 4.92 Å². The Kier molecular flexibility index (Phi) is 4.24. The summed E-state index contributed by atoms with van der Waals surface area (Å²) >= 11 is 4.34. The Balaban J connectivity index is 2.40. The van der Waals surface area contributed by atoms with Crippen LogP contribution in [0.15, 0.2) is 32.7 Å². The molecule has 21 heavy (non-hydrogen) atoms. The van der Waals surface area contributed by atoms with Gasteiger partial charge in [0.15, 0.2) is 5.82 Å². The van der Waals surface area contributed by atoms with Crippen molar-refractivity contribution in [3.63, 3.8) is 0 Å². The van der Waals surface area contributed by atoms with Gasteiger partial charge in [-0.1, -0.05) is 36.7 Å². The van der Waals surface area contributed by atoms with E-state index in [1.54, 1.807) is 12.1 Å². The predicted molar refractivity (Wildman–Crippen MR) is 83.8 cm³/mol. The molecule has 0 unspecified atom stereocenters. The molecule has 0 aliphatic heterocycles. The lowest BCUT2D eigenvalue weighted by Crippen LogP contribution is -2.24. The molecule has 7 nitrogen and oxygen atoms in total. The van der Waals surface area contributed by atoms with Crippen LogP contribution < -0.4 is 5.84 Å². The third-order valence-electron chi connectivity index (χ3n) is 2.65. The number of aromatic nitrogens is 3. The van der Waals surface area contributed by atoms with E-state index in [-0.39, 0.29) is 11.1 Å². The lowest BCUT2D eigenvalue weighted by atomic mass is 9.96. The van der Waals surface area contributed by atoms with E-state index in [9.17, 15) is 10.1 Å². The van der Waals surface area contributed by atoms with Crippen molar-refractivity contribution in [1.82, 2.24) is 14.9 Å². The number of hydrogen-bond acceptors (Lipinski definition) is 6. The first kappa shape index (κ1) is 15.8. The highest BCUT2D eigenvalue weighted by Gasteiger charge is 2.24. The molecule has 0 bridgehead atoms. The highest BCUT2D eigenvalue weighted by molar-refractivity contribution is 9.10. The first-order chi connectivity index (χ1) is 9.70. The van der Waals surface area contributed by atoms with Gasteiger partial charge in [-0.3, -0.25) is 10.1 Å². The molecular formula is C12H14BrN5O2S. The second kappa shape index (κ2) is 5.64. The molecule has 1 aromatic heterocycles. The zero-order valence-electron chi connectivity index (χ0n) is 11.7. The highest BCUT2D eigenvalue weighted by Crippen LogP contribution is 2.36. The molecule has 0 atom stereocenters. The minimum atomic E-state index is -0.436. The lowest BCUT2D eigenvalue weighted by Gasteiger charge is -2.16. The minimum absolute atomic E-state index is 0.00492. The van der Waals surface area contributed by atoms with Crippen LogP contribution in [0.1, 0.15) is 26.6 Å². The van der Waals surface area contributed by atoms with Crippen LogP contribution in [0.5, 0.6) is 0 Å². The van der Waals surface area contributed by atoms with Gasteiger partial charge >= 0.3 is 0 Å². The van der Waals surface area contributed by atoms with E-state index in [0.29, 0.717) is 20.3 Å². The second-order valence-corrected chi connectivity index (χ2v) is 7.32. The minimum Gasteiger partial charge on any atom is -0.336 e. The molecule has 112 valence electrons. The van der Waals surface area contributed by atoms with Gasteiger partial charge in [-0.15, -0.1) is 10.2 Å². The average molecular weight is 372 g/mol. The van der Waals surface area contributed by atoms with E-state index in [4.69, 9.17) is 5.84 Å². The summed E-state index contributed by atoms with van der Waals surface area (Å²) in [4.78, 5) is 11.1. The fraction of sp³-hybridized carbons (Fsp3) is 0.333. The van der Waals surface area contributed by atoms with Gasteiger partial charge in [0, 0.05) is 16.0 Å². The summed E-state index contributed by atoms with van der Waals surface area (Å²) < 4.78 is 2.01. The van der Waals surface area contributed by atoms with Crippen LogP contribution in [0.2, 0.25) is 0 Å². The summed E-state index contributed by atoms with van der Waals surface area (Å²) in [7, 11) is 0. The van der Waals surface area contributed by atoms with Crippen molar-refractivity contribution in [2.45, 2.75) is 36.2 Å². The van der Waals surface area contributed by atoms with Crippen LogP contribution in [0.25, 0.3) is 0 Å². The molecule has 0 radical (unpaired) electrons. The van der Waals surface area contributed by atoms with E-state index in [2.05, 4.69) is 26.1 Å². The van der Waals surface area contributed by atoms with Crippen molar-refractivity contribution >= 4 is 33.4 Å². The number of benzene rings is 1. The maximum absolute atomic E-state index is 11.1. The van der Waals surface area contributed by atoms with E-state index in [1.807, 2.05) is 20.8 Å². The largest absolute Gasteiger partial charge is 0.336 e. The third-order valence-corrected chi connectivity index (χ3v) is 4.17. The molecule has 0 fully saturated rings. The van der Waals surface area contributed by atoms with Gasteiger partial charge in [0.05, 0.1) is 9.82 Å². The Labute approximate surface area is 134 Å². The summed E-state index contributed by atoms with van der Waals surface area (Å²) in [6.07, 6.45) is 0. The Morgan fingerprint density at radius 2 is 2.05 bits per heavy atom. The first-order valence-electron chi connectivity index (χ1n) is 6.03. The lowest BCUT2D eigenvalue weighted by molar-refractivity contribution is -0.387. The van der Waals surface area contributed by atoms with Crippen LogP contribution in [0.3, 0.4) is 0 Å². The van der Waals surface area contributed by atoms with Gasteiger partial charge in [-0.05, 0) is 23.9 Å². The smallest absolute Gasteiger partial charge is 0.284 e. The van der Waals surface area contributed by atoms with Crippen LogP contribution in [0, 0.1) is 10.1 Å². The number of hydrogen-bond donors (Lipinski definition) is 1. The molecule has 9 heteroatoms. The number of rotatable bonds is 3. The van der Waals surface area contributed by atoms with Crippen molar-refractivity contribution in [2.75, 3.05) is 5.84 Å². The van der Waals surface area contributed by atoms with E-state index in [0.717, 1.165) is 11.8 Å². The molecule has 0 aliphatic carbocycles. The average Bonchev–Trinajstić information content (AvgIpc) is 2.72. The number of nitrogens with zero attached hydrogens (tertiary/aromatic N) is 4. The van der Waals surface area contributed by atoms with Gasteiger partial charge in [0.2, 0.25) is 5.16 Å². The maximum Gasteiger partial charge on any atom is 0.284 e. The number of nitrogen functional groups attached to an aromatic ring is 1. The zero-order valence-corrected chi connectivity index (χ0v) is 14.1. The topological polar surface area (TPSA) is 99.9 Å². The fourth-order valence-corrected chi connectivity index (χ4v) is 2.86. The van der Waals surface area contributed by atoms with Gasteiger partial charge in [-0.25, -0.2) is 4.68 Å². The Morgan fingerprint density at radius 3 is 2.57 bits per heavy atom. The van der Waals surface area contributed by atoms with Gasteiger partial charge in [0.1, 0.15) is 0 Å². The molecule has 2 rings (SSSR count). The molecule has 1 heterocycles. The second-order valence-electron chi connectivity index (χ2n) is 5.40. The van der Waals surface area contributed by atoms with Gasteiger partial charge < -0.3 is 5.84 Å². The molecule has 0 amide bonds. The predicted octanol–water partition coefficient (Wildman–Crippen LogP) is 3.11. The number of halogens is 1. The normalized spacial score (nSPS) is 11.6. The number of nitro benzene ring substituents is 1. The van der Waals surface area contributed by atoms with E-state index < -0.39 is 4.92 Å². The van der Waals surface area contributed by atoms with Crippen LogP contribution in [-0.4, -0.2) is 19.8 Å². The Hall–Kier alpha value is -1.61. The van der Waals surface area contributed by atoms with Crippen LogP contribution in [0.4, 0.5) is 5.69 Å². The van der Waals surface area contributed by atoms with Crippen molar-refractivity contribution in [3.8, 4) is 0 Å². The van der Waals surface area contributed by atoms with Gasteiger partial charge in [0.25, 0.3) is 5.69 Å². The quantitative estimate of drug-likeness (QED) is 0.505. The Morgan fingerprint density at radius 1 is 1.38 bits per heavy atom. The molecule has 1 aromatic carbocycles. The SMILES string of the molecule is CC(C)(C)c1nnc(Sc2ccc(Br)cc2[N+](=O)[O-])n1N. The number of nitro groups is 1. The first-order valence-corrected chi connectivity index (χ1v) is 7.64. The summed E-state index contributed by atoms with van der Waals surface area (Å²) in [6.45, 7) is 5.91. The Bertz CT molecular complexity index is 695. The van der Waals surface area contributed by atoms with Gasteiger partial charge in [-0.2, -0.15) is 0 Å². The highest BCUT2D eigenvalue weighted by atomic mass is 79.9. The molecule has 0 aliphatic rings. The summed E-state index contributed by atoms with van der Waals surface area (Å²) in [5.41, 5.74) is -0.263. The molecule has 0 spiro atoms. The molecule has 2 aromatic rings. The number of nitrogens with two attached hydrogens (primary N) is 1. The summed E-state index contributed by atoms with van der Waals surface area (Å²) in [6, 6.07) is 4.83. The van der Waals surface area contributed by atoms with E-state index >= 15 is 0 Å². The monoisotopic (exact) mass is 371 g/mol. The molecule has 2 N–H and O–H groups in total. The van der Waals surface area contributed by atoms with Crippen molar-refractivity contribution in [1.29, 1.82) is 0 Å². The van der Waals surface area contributed by atoms with Crippen LogP contribution >= 0.6 is 27.7 Å². The summed E-state index contributed by atoms with van der Waals surface area (Å²) in [5, 5.41) is 19.6.